The Morgan fingerprint density at radius 1 is 1.31 bits per heavy atom. The minimum absolute atomic E-state index is 0.0351. The van der Waals surface area contributed by atoms with Crippen LogP contribution in [0.4, 0.5) is 10.1 Å². The highest BCUT2D eigenvalue weighted by Gasteiger charge is 2.39. The predicted molar refractivity (Wildman–Crippen MR) is 94.7 cm³/mol. The van der Waals surface area contributed by atoms with Gasteiger partial charge >= 0.3 is 0 Å². The van der Waals surface area contributed by atoms with E-state index in [1.54, 1.807) is 13.1 Å². The Bertz CT molecular complexity index is 703. The van der Waals surface area contributed by atoms with Gasteiger partial charge in [0, 0.05) is 31.7 Å². The van der Waals surface area contributed by atoms with Gasteiger partial charge in [0.15, 0.2) is 0 Å². The zero-order valence-electron chi connectivity index (χ0n) is 14.9. The van der Waals surface area contributed by atoms with Crippen molar-refractivity contribution in [3.63, 3.8) is 0 Å². The smallest absolute Gasteiger partial charge is 0.243 e. The van der Waals surface area contributed by atoms with Crippen molar-refractivity contribution in [1.82, 2.24) is 9.80 Å². The van der Waals surface area contributed by atoms with Crippen LogP contribution >= 0.6 is 0 Å². The number of hydrogen-bond donors (Lipinski definition) is 1. The molecule has 1 aromatic carbocycles. The van der Waals surface area contributed by atoms with Crippen LogP contribution in [0.5, 0.6) is 0 Å². The third-order valence-corrected chi connectivity index (χ3v) is 5.14. The summed E-state index contributed by atoms with van der Waals surface area (Å²) in [6, 6.07) is 5.86. The maximum absolute atomic E-state index is 13.2. The van der Waals surface area contributed by atoms with Crippen molar-refractivity contribution in [1.29, 1.82) is 0 Å². The molecule has 1 aliphatic heterocycles. The fraction of sp³-hybridized carbons (Fsp3) is 0.526. The highest BCUT2D eigenvalue weighted by atomic mass is 19.1. The van der Waals surface area contributed by atoms with Gasteiger partial charge in [0.2, 0.25) is 17.7 Å². The summed E-state index contributed by atoms with van der Waals surface area (Å²) in [4.78, 5) is 40.1. The van der Waals surface area contributed by atoms with Crippen molar-refractivity contribution in [2.45, 2.75) is 38.1 Å². The Hall–Kier alpha value is -2.44. The first kappa shape index (κ1) is 18.4. The monoisotopic (exact) mass is 361 g/mol. The van der Waals surface area contributed by atoms with E-state index in [2.05, 4.69) is 5.32 Å². The van der Waals surface area contributed by atoms with Gasteiger partial charge in [-0.25, -0.2) is 4.39 Å². The number of carbonyl (C=O) groups is 3. The Kier molecular flexibility index (Phi) is 5.54. The summed E-state index contributed by atoms with van der Waals surface area (Å²) in [5, 5.41) is 2.57. The molecular formula is C19H24FN3O3. The summed E-state index contributed by atoms with van der Waals surface area (Å²) in [5.41, 5.74) is 0.347. The maximum Gasteiger partial charge on any atom is 0.243 e. The normalized spacial score (nSPS) is 20.5. The van der Waals surface area contributed by atoms with E-state index in [0.29, 0.717) is 12.2 Å². The van der Waals surface area contributed by atoms with E-state index in [0.717, 1.165) is 25.7 Å². The number of amides is 3. The summed E-state index contributed by atoms with van der Waals surface area (Å²) in [6.45, 7) is 0.307. The third kappa shape index (κ3) is 4.20. The zero-order valence-corrected chi connectivity index (χ0v) is 14.9. The molecule has 0 spiro atoms. The van der Waals surface area contributed by atoms with Gasteiger partial charge in [0.25, 0.3) is 0 Å². The standard InChI is InChI=1S/C19H24FN3O3/c1-22(12-17(24)21-15-6-4-5-14(20)10-15)19(26)13-9-18(25)23(11-13)16-7-2-3-8-16/h4-6,10,13,16H,2-3,7-9,11-12H2,1H3,(H,21,24). The van der Waals surface area contributed by atoms with Crippen molar-refractivity contribution >= 4 is 23.4 Å². The summed E-state index contributed by atoms with van der Waals surface area (Å²) in [6.07, 6.45) is 4.50. The first-order valence-electron chi connectivity index (χ1n) is 9.04. The molecular weight excluding hydrogens is 337 g/mol. The van der Waals surface area contributed by atoms with Gasteiger partial charge < -0.3 is 15.1 Å². The van der Waals surface area contributed by atoms with Crippen molar-refractivity contribution < 1.29 is 18.8 Å². The second-order valence-corrected chi connectivity index (χ2v) is 7.14. The first-order valence-corrected chi connectivity index (χ1v) is 9.04. The molecule has 7 heteroatoms. The van der Waals surface area contributed by atoms with Crippen molar-refractivity contribution in [2.24, 2.45) is 5.92 Å². The SMILES string of the molecule is CN(CC(=O)Nc1cccc(F)c1)C(=O)C1CC(=O)N(C2CCCC2)C1. The van der Waals surface area contributed by atoms with Crippen LogP contribution in [0.3, 0.4) is 0 Å². The number of anilines is 1. The number of halogens is 1. The van der Waals surface area contributed by atoms with Gasteiger partial charge in [-0.15, -0.1) is 0 Å². The van der Waals surface area contributed by atoms with E-state index in [1.807, 2.05) is 4.90 Å². The lowest BCUT2D eigenvalue weighted by molar-refractivity contribution is -0.137. The average Bonchev–Trinajstić information content (AvgIpc) is 3.23. The quantitative estimate of drug-likeness (QED) is 0.872. The molecule has 3 rings (SSSR count). The van der Waals surface area contributed by atoms with Crippen LogP contribution in [0.25, 0.3) is 0 Å². The summed E-state index contributed by atoms with van der Waals surface area (Å²) in [7, 11) is 1.55. The maximum atomic E-state index is 13.2. The number of likely N-dealkylation sites (tertiary alicyclic amines) is 1. The molecule has 1 aliphatic carbocycles. The molecule has 0 bridgehead atoms. The molecule has 1 saturated carbocycles. The molecule has 3 amide bonds. The molecule has 26 heavy (non-hydrogen) atoms. The Morgan fingerprint density at radius 2 is 2.04 bits per heavy atom. The van der Waals surface area contributed by atoms with Crippen LogP contribution < -0.4 is 5.32 Å². The van der Waals surface area contributed by atoms with Crippen LogP contribution in [0, 0.1) is 11.7 Å². The predicted octanol–water partition coefficient (Wildman–Crippen LogP) is 2.01. The van der Waals surface area contributed by atoms with E-state index in [4.69, 9.17) is 0 Å². The van der Waals surface area contributed by atoms with Crippen LogP contribution in [-0.2, 0) is 14.4 Å². The molecule has 1 unspecified atom stereocenters. The van der Waals surface area contributed by atoms with E-state index >= 15 is 0 Å². The fourth-order valence-corrected chi connectivity index (χ4v) is 3.84. The highest BCUT2D eigenvalue weighted by Crippen LogP contribution is 2.30. The van der Waals surface area contributed by atoms with Crippen LogP contribution in [0.2, 0.25) is 0 Å². The van der Waals surface area contributed by atoms with Crippen molar-refractivity contribution in [3.05, 3.63) is 30.1 Å². The zero-order chi connectivity index (χ0) is 18.7. The number of benzene rings is 1. The molecule has 6 nitrogen and oxygen atoms in total. The lowest BCUT2D eigenvalue weighted by Crippen LogP contribution is -2.40. The lowest BCUT2D eigenvalue weighted by Gasteiger charge is -2.25. The van der Waals surface area contributed by atoms with E-state index in [1.165, 1.54) is 23.1 Å². The Balaban J connectivity index is 1.52. The summed E-state index contributed by atoms with van der Waals surface area (Å²) >= 11 is 0. The molecule has 0 aromatic heterocycles. The van der Waals surface area contributed by atoms with E-state index in [-0.39, 0.29) is 30.8 Å². The molecule has 1 atom stereocenters. The summed E-state index contributed by atoms with van der Waals surface area (Å²) in [5.74, 6) is -1.40. The van der Waals surface area contributed by atoms with Gasteiger partial charge in [-0.1, -0.05) is 18.9 Å². The molecule has 2 aliphatic rings. The number of carbonyl (C=O) groups excluding carboxylic acids is 3. The molecule has 2 fully saturated rings. The van der Waals surface area contributed by atoms with Crippen molar-refractivity contribution in [3.8, 4) is 0 Å². The minimum atomic E-state index is -0.441. The first-order chi connectivity index (χ1) is 12.4. The van der Waals surface area contributed by atoms with Crippen molar-refractivity contribution in [2.75, 3.05) is 25.5 Å². The van der Waals surface area contributed by atoms with Crippen LogP contribution in [0.15, 0.2) is 24.3 Å². The molecule has 0 radical (unpaired) electrons. The Morgan fingerprint density at radius 3 is 2.73 bits per heavy atom. The number of likely N-dealkylation sites (N-methyl/N-ethyl adjacent to an activating group) is 1. The third-order valence-electron chi connectivity index (χ3n) is 5.14. The molecule has 1 heterocycles. The van der Waals surface area contributed by atoms with Gasteiger partial charge in [0.1, 0.15) is 5.82 Å². The minimum Gasteiger partial charge on any atom is -0.339 e. The lowest BCUT2D eigenvalue weighted by atomic mass is 10.1. The van der Waals surface area contributed by atoms with Gasteiger partial charge in [0.05, 0.1) is 12.5 Å². The molecule has 1 aromatic rings. The largest absolute Gasteiger partial charge is 0.339 e. The number of nitrogens with one attached hydrogen (secondary N) is 1. The summed E-state index contributed by atoms with van der Waals surface area (Å²) < 4.78 is 13.2. The van der Waals surface area contributed by atoms with Gasteiger partial charge in [-0.2, -0.15) is 0 Å². The van der Waals surface area contributed by atoms with Crippen LogP contribution in [-0.4, -0.2) is 53.7 Å². The van der Waals surface area contributed by atoms with Gasteiger partial charge in [-0.05, 0) is 31.0 Å². The topological polar surface area (TPSA) is 69.7 Å². The van der Waals surface area contributed by atoms with Crippen LogP contribution in [0.1, 0.15) is 32.1 Å². The van der Waals surface area contributed by atoms with E-state index < -0.39 is 17.6 Å². The highest BCUT2D eigenvalue weighted by molar-refractivity contribution is 5.96. The number of hydrogen-bond acceptors (Lipinski definition) is 3. The van der Waals surface area contributed by atoms with Gasteiger partial charge in [-0.3, -0.25) is 14.4 Å². The molecule has 1 N–H and O–H groups in total. The molecule has 1 saturated heterocycles. The second-order valence-electron chi connectivity index (χ2n) is 7.14. The molecule has 140 valence electrons. The second kappa shape index (κ2) is 7.85. The average molecular weight is 361 g/mol. The number of nitrogens with zero attached hydrogens (tertiary/aromatic N) is 2. The van der Waals surface area contributed by atoms with E-state index in [9.17, 15) is 18.8 Å². The fourth-order valence-electron chi connectivity index (χ4n) is 3.84. The number of rotatable bonds is 5. The Labute approximate surface area is 152 Å².